The Morgan fingerprint density at radius 3 is 2.65 bits per heavy atom. The highest BCUT2D eigenvalue weighted by Gasteiger charge is 2.16. The first kappa shape index (κ1) is 12.0. The van der Waals surface area contributed by atoms with E-state index in [1.807, 2.05) is 17.8 Å². The van der Waals surface area contributed by atoms with Crippen molar-refractivity contribution in [1.29, 1.82) is 0 Å². The Morgan fingerprint density at radius 2 is 2.06 bits per heavy atom. The lowest BCUT2D eigenvalue weighted by molar-refractivity contribution is -0.384. The van der Waals surface area contributed by atoms with Gasteiger partial charge < -0.3 is 10.2 Å². The average Bonchev–Trinajstić information content (AvgIpc) is 2.39. The second kappa shape index (κ2) is 5.27. The highest BCUT2D eigenvalue weighted by atomic mass is 32.2. The molecule has 92 valence electrons. The summed E-state index contributed by atoms with van der Waals surface area (Å²) in [6.45, 7) is 1.91. The number of hydrogen-bond acceptors (Lipinski definition) is 5. The summed E-state index contributed by atoms with van der Waals surface area (Å²) in [7, 11) is 1.77. The number of non-ortho nitro benzene ring substituents is 1. The lowest BCUT2D eigenvalue weighted by Gasteiger charge is -2.28. The van der Waals surface area contributed by atoms with E-state index in [2.05, 4.69) is 10.2 Å². The van der Waals surface area contributed by atoms with Crippen LogP contribution in [0.2, 0.25) is 0 Å². The number of benzene rings is 1. The van der Waals surface area contributed by atoms with Crippen molar-refractivity contribution in [3.05, 3.63) is 28.3 Å². The molecule has 0 saturated carbocycles. The number of hydrogen-bond donors (Lipinski definition) is 1. The molecule has 6 heteroatoms. The molecule has 0 radical (unpaired) electrons. The Kier molecular flexibility index (Phi) is 3.73. The first-order valence-electron chi connectivity index (χ1n) is 5.50. The molecular weight excluding hydrogens is 238 g/mol. The number of nitrogens with one attached hydrogen (secondary N) is 1. The summed E-state index contributed by atoms with van der Waals surface area (Å²) < 4.78 is 0. The molecule has 2 rings (SSSR count). The number of nitro groups is 1. The number of rotatable bonds is 3. The normalized spacial score (nSPS) is 15.7. The third kappa shape index (κ3) is 2.82. The fraction of sp³-hybridized carbons (Fsp3) is 0.455. The fourth-order valence-electron chi connectivity index (χ4n) is 1.85. The van der Waals surface area contributed by atoms with Crippen LogP contribution in [0.3, 0.4) is 0 Å². The first-order valence-corrected chi connectivity index (χ1v) is 6.66. The molecule has 0 atom stereocenters. The van der Waals surface area contributed by atoms with Crippen LogP contribution in [0, 0.1) is 10.1 Å². The maximum atomic E-state index is 10.9. The first-order chi connectivity index (χ1) is 8.20. The van der Waals surface area contributed by atoms with Gasteiger partial charge in [-0.3, -0.25) is 10.1 Å². The van der Waals surface area contributed by atoms with Crippen LogP contribution in [0.4, 0.5) is 17.1 Å². The third-order valence-electron chi connectivity index (χ3n) is 2.78. The van der Waals surface area contributed by atoms with Crippen molar-refractivity contribution in [3.63, 3.8) is 0 Å². The number of nitro benzene ring substituents is 1. The SMILES string of the molecule is CNc1cc(N2CCSCC2)cc([N+](=O)[O-])c1. The minimum Gasteiger partial charge on any atom is -0.388 e. The molecule has 0 amide bonds. The van der Waals surface area contributed by atoms with Gasteiger partial charge in [0.1, 0.15) is 0 Å². The van der Waals surface area contributed by atoms with Crippen LogP contribution < -0.4 is 10.2 Å². The summed E-state index contributed by atoms with van der Waals surface area (Å²) in [6.07, 6.45) is 0. The zero-order chi connectivity index (χ0) is 12.3. The Balaban J connectivity index is 2.31. The van der Waals surface area contributed by atoms with Gasteiger partial charge in [-0.05, 0) is 6.07 Å². The van der Waals surface area contributed by atoms with Gasteiger partial charge in [0.25, 0.3) is 5.69 Å². The molecule has 1 aromatic carbocycles. The highest BCUT2D eigenvalue weighted by Crippen LogP contribution is 2.28. The van der Waals surface area contributed by atoms with Gasteiger partial charge in [-0.25, -0.2) is 0 Å². The fourth-order valence-corrected chi connectivity index (χ4v) is 2.75. The Morgan fingerprint density at radius 1 is 1.35 bits per heavy atom. The molecule has 5 nitrogen and oxygen atoms in total. The van der Waals surface area contributed by atoms with Gasteiger partial charge in [0.15, 0.2) is 0 Å². The molecule has 1 aliphatic heterocycles. The quantitative estimate of drug-likeness (QED) is 0.661. The monoisotopic (exact) mass is 253 g/mol. The standard InChI is InChI=1S/C11H15N3O2S/c1-12-9-6-10(8-11(7-9)14(15)16)13-2-4-17-5-3-13/h6-8,12H,2-5H2,1H3. The van der Waals surface area contributed by atoms with E-state index in [0.717, 1.165) is 36.0 Å². The zero-order valence-electron chi connectivity index (χ0n) is 9.68. The van der Waals surface area contributed by atoms with Gasteiger partial charge in [-0.2, -0.15) is 11.8 Å². The van der Waals surface area contributed by atoms with Crippen LogP contribution in [0.1, 0.15) is 0 Å². The molecule has 1 fully saturated rings. The summed E-state index contributed by atoms with van der Waals surface area (Å²) in [4.78, 5) is 12.7. The Labute approximate surface area is 104 Å². The summed E-state index contributed by atoms with van der Waals surface area (Å²) in [6, 6.07) is 5.17. The Bertz CT molecular complexity index is 419. The van der Waals surface area contributed by atoms with E-state index in [9.17, 15) is 10.1 Å². The molecule has 0 unspecified atom stereocenters. The summed E-state index contributed by atoms with van der Waals surface area (Å²) in [5.74, 6) is 2.16. The topological polar surface area (TPSA) is 58.4 Å². The van der Waals surface area contributed by atoms with Gasteiger partial charge in [0.2, 0.25) is 0 Å². The molecular formula is C11H15N3O2S. The van der Waals surface area contributed by atoms with E-state index in [1.165, 1.54) is 0 Å². The molecule has 1 saturated heterocycles. The van der Waals surface area contributed by atoms with Crippen LogP contribution in [0.25, 0.3) is 0 Å². The number of thioether (sulfide) groups is 1. The summed E-state index contributed by atoms with van der Waals surface area (Å²) >= 11 is 1.92. The maximum Gasteiger partial charge on any atom is 0.273 e. The van der Waals surface area contributed by atoms with E-state index < -0.39 is 0 Å². The van der Waals surface area contributed by atoms with Gasteiger partial charge in [0.05, 0.1) is 4.92 Å². The van der Waals surface area contributed by atoms with Crippen molar-refractivity contribution >= 4 is 28.8 Å². The van der Waals surface area contributed by atoms with Gasteiger partial charge in [0, 0.05) is 55.2 Å². The predicted octanol–water partition coefficient (Wildman–Crippen LogP) is 2.19. The van der Waals surface area contributed by atoms with E-state index in [4.69, 9.17) is 0 Å². The molecule has 17 heavy (non-hydrogen) atoms. The lowest BCUT2D eigenvalue weighted by Crippen LogP contribution is -2.32. The second-order valence-electron chi connectivity index (χ2n) is 3.84. The number of nitrogens with zero attached hydrogens (tertiary/aromatic N) is 2. The molecule has 0 bridgehead atoms. The summed E-state index contributed by atoms with van der Waals surface area (Å²) in [5, 5.41) is 13.8. The van der Waals surface area contributed by atoms with Crippen LogP contribution in [0.15, 0.2) is 18.2 Å². The van der Waals surface area contributed by atoms with E-state index >= 15 is 0 Å². The minimum atomic E-state index is -0.344. The minimum absolute atomic E-state index is 0.144. The largest absolute Gasteiger partial charge is 0.388 e. The summed E-state index contributed by atoms with van der Waals surface area (Å²) in [5.41, 5.74) is 1.86. The van der Waals surface area contributed by atoms with Crippen LogP contribution in [-0.2, 0) is 0 Å². The van der Waals surface area contributed by atoms with Crippen molar-refractivity contribution in [1.82, 2.24) is 0 Å². The van der Waals surface area contributed by atoms with E-state index in [0.29, 0.717) is 0 Å². The van der Waals surface area contributed by atoms with E-state index in [-0.39, 0.29) is 10.6 Å². The molecule has 0 spiro atoms. The van der Waals surface area contributed by atoms with Crippen LogP contribution in [-0.4, -0.2) is 36.6 Å². The molecule has 1 N–H and O–H groups in total. The molecule has 1 aliphatic rings. The van der Waals surface area contributed by atoms with Crippen molar-refractivity contribution in [2.24, 2.45) is 0 Å². The zero-order valence-corrected chi connectivity index (χ0v) is 10.5. The van der Waals surface area contributed by atoms with E-state index in [1.54, 1.807) is 19.2 Å². The second-order valence-corrected chi connectivity index (χ2v) is 5.07. The predicted molar refractivity (Wildman–Crippen MR) is 72.2 cm³/mol. The van der Waals surface area contributed by atoms with Crippen LogP contribution in [0.5, 0.6) is 0 Å². The molecule has 1 aromatic rings. The average molecular weight is 253 g/mol. The van der Waals surface area contributed by atoms with Gasteiger partial charge in [-0.15, -0.1) is 0 Å². The lowest BCUT2D eigenvalue weighted by atomic mass is 10.2. The molecule has 1 heterocycles. The van der Waals surface area contributed by atoms with Crippen molar-refractivity contribution < 1.29 is 4.92 Å². The molecule has 0 aliphatic carbocycles. The Hall–Kier alpha value is -1.43. The number of anilines is 2. The smallest absolute Gasteiger partial charge is 0.273 e. The van der Waals surface area contributed by atoms with Crippen molar-refractivity contribution in [2.75, 3.05) is 41.9 Å². The van der Waals surface area contributed by atoms with Gasteiger partial charge >= 0.3 is 0 Å². The van der Waals surface area contributed by atoms with Crippen molar-refractivity contribution in [3.8, 4) is 0 Å². The third-order valence-corrected chi connectivity index (χ3v) is 3.72. The van der Waals surface area contributed by atoms with Crippen LogP contribution >= 0.6 is 11.8 Å². The maximum absolute atomic E-state index is 10.9. The molecule has 0 aromatic heterocycles. The van der Waals surface area contributed by atoms with Crippen molar-refractivity contribution in [2.45, 2.75) is 0 Å². The highest BCUT2D eigenvalue weighted by molar-refractivity contribution is 7.99. The van der Waals surface area contributed by atoms with Gasteiger partial charge in [-0.1, -0.05) is 0 Å².